The number of carbonyl (C=O) groups is 1. The number of hydrogen-bond acceptors (Lipinski definition) is 3. The predicted octanol–water partition coefficient (Wildman–Crippen LogP) is 1.70. The molecule has 0 heterocycles. The molecule has 0 radical (unpaired) electrons. The van der Waals surface area contributed by atoms with Crippen molar-refractivity contribution in [2.45, 2.75) is 31.2 Å². The summed E-state index contributed by atoms with van der Waals surface area (Å²) in [7, 11) is 0. The first kappa shape index (κ1) is 11.9. The minimum atomic E-state index is -0.859. The van der Waals surface area contributed by atoms with Crippen molar-refractivity contribution in [2.75, 3.05) is 6.54 Å². The second-order valence-electron chi connectivity index (χ2n) is 4.52. The Morgan fingerprint density at radius 2 is 2.24 bits per heavy atom. The largest absolute Gasteiger partial charge is 0.508 e. The van der Waals surface area contributed by atoms with Crippen molar-refractivity contribution in [2.24, 2.45) is 0 Å². The van der Waals surface area contributed by atoms with E-state index in [-0.39, 0.29) is 5.75 Å². The number of aliphatic carboxylic acids is 1. The van der Waals surface area contributed by atoms with Crippen molar-refractivity contribution in [3.05, 3.63) is 29.8 Å². The zero-order valence-corrected chi connectivity index (χ0v) is 9.60. The first-order chi connectivity index (χ1) is 8.16. The molecule has 1 unspecified atom stereocenters. The number of phenols is 1. The van der Waals surface area contributed by atoms with Gasteiger partial charge in [0.25, 0.3) is 0 Å². The fourth-order valence-electron chi connectivity index (χ4n) is 1.99. The molecule has 1 aromatic carbocycles. The number of aromatic hydroxyl groups is 1. The number of nitrogens with one attached hydrogen (secondary N) is 1. The van der Waals surface area contributed by atoms with Gasteiger partial charge in [-0.25, -0.2) is 0 Å². The van der Waals surface area contributed by atoms with Crippen LogP contribution in [0.5, 0.6) is 5.75 Å². The molecule has 0 bridgehead atoms. The van der Waals surface area contributed by atoms with E-state index in [1.54, 1.807) is 18.2 Å². The van der Waals surface area contributed by atoms with Crippen LogP contribution < -0.4 is 5.32 Å². The van der Waals surface area contributed by atoms with Gasteiger partial charge in [-0.3, -0.25) is 4.79 Å². The molecule has 4 nitrogen and oxygen atoms in total. The summed E-state index contributed by atoms with van der Waals surface area (Å²) in [5, 5.41) is 21.8. The van der Waals surface area contributed by atoms with Crippen molar-refractivity contribution in [1.29, 1.82) is 0 Å². The molecule has 0 saturated heterocycles. The minimum Gasteiger partial charge on any atom is -0.508 e. The molecule has 92 valence electrons. The summed E-state index contributed by atoms with van der Waals surface area (Å²) in [6, 6.07) is 6.93. The van der Waals surface area contributed by atoms with Crippen molar-refractivity contribution >= 4 is 5.97 Å². The monoisotopic (exact) mass is 235 g/mol. The Bertz CT molecular complexity index is 401. The van der Waals surface area contributed by atoms with Gasteiger partial charge in [-0.1, -0.05) is 18.6 Å². The Morgan fingerprint density at radius 1 is 1.47 bits per heavy atom. The van der Waals surface area contributed by atoms with Crippen LogP contribution in [0.1, 0.15) is 30.7 Å². The number of carboxylic acids is 1. The highest BCUT2D eigenvalue weighted by Gasteiger charge is 2.23. The Labute approximate surface area is 100 Å². The van der Waals surface area contributed by atoms with E-state index in [0.29, 0.717) is 18.2 Å². The lowest BCUT2D eigenvalue weighted by Crippen LogP contribution is -2.39. The van der Waals surface area contributed by atoms with Crippen LogP contribution in [0.15, 0.2) is 24.3 Å². The second kappa shape index (κ2) is 5.19. The summed E-state index contributed by atoms with van der Waals surface area (Å²) in [6.45, 7) is 0.420. The normalized spacial score (nSPS) is 17.4. The quantitative estimate of drug-likeness (QED) is 0.726. The molecule has 4 heteroatoms. The molecule has 0 aromatic heterocycles. The van der Waals surface area contributed by atoms with E-state index >= 15 is 0 Å². The van der Waals surface area contributed by atoms with Crippen LogP contribution >= 0.6 is 0 Å². The van der Waals surface area contributed by atoms with Gasteiger partial charge in [0, 0.05) is 12.6 Å². The number of rotatable bonds is 5. The summed E-state index contributed by atoms with van der Waals surface area (Å²) in [5.74, 6) is -1.34. The molecule has 1 aliphatic rings. The maximum absolute atomic E-state index is 11.2. The van der Waals surface area contributed by atoms with Gasteiger partial charge in [-0.15, -0.1) is 0 Å². The second-order valence-corrected chi connectivity index (χ2v) is 4.52. The van der Waals surface area contributed by atoms with E-state index in [0.717, 1.165) is 12.8 Å². The number of benzene rings is 1. The minimum absolute atomic E-state index is 0.109. The van der Waals surface area contributed by atoms with Gasteiger partial charge < -0.3 is 15.5 Å². The van der Waals surface area contributed by atoms with Crippen LogP contribution in [0.2, 0.25) is 0 Å². The Kier molecular flexibility index (Phi) is 3.64. The third kappa shape index (κ3) is 2.97. The molecule has 0 aliphatic heterocycles. The highest BCUT2D eigenvalue weighted by molar-refractivity contribution is 5.76. The lowest BCUT2D eigenvalue weighted by atomic mass is 9.91. The van der Waals surface area contributed by atoms with E-state index in [1.807, 2.05) is 0 Å². The zero-order valence-electron chi connectivity index (χ0n) is 9.60. The highest BCUT2D eigenvalue weighted by Crippen LogP contribution is 2.22. The van der Waals surface area contributed by atoms with Gasteiger partial charge in [0.2, 0.25) is 0 Å². The van der Waals surface area contributed by atoms with Gasteiger partial charge in [-0.05, 0) is 30.5 Å². The maximum Gasteiger partial charge on any atom is 0.312 e. The Morgan fingerprint density at radius 3 is 2.76 bits per heavy atom. The van der Waals surface area contributed by atoms with Gasteiger partial charge in [0.1, 0.15) is 5.75 Å². The number of hydrogen-bond donors (Lipinski definition) is 3. The van der Waals surface area contributed by atoms with Crippen LogP contribution in [-0.4, -0.2) is 28.8 Å². The van der Waals surface area contributed by atoms with Gasteiger partial charge in [0.15, 0.2) is 0 Å². The van der Waals surface area contributed by atoms with Gasteiger partial charge in [0.05, 0.1) is 5.92 Å². The average molecular weight is 235 g/mol. The number of carboxylic acid groups (broad SMARTS) is 1. The summed E-state index contributed by atoms with van der Waals surface area (Å²) in [4.78, 5) is 11.2. The van der Waals surface area contributed by atoms with Crippen LogP contribution in [0.3, 0.4) is 0 Å². The molecule has 1 saturated carbocycles. The molecular weight excluding hydrogens is 218 g/mol. The lowest BCUT2D eigenvalue weighted by molar-refractivity contribution is -0.138. The molecule has 1 fully saturated rings. The van der Waals surface area contributed by atoms with Crippen LogP contribution in [-0.2, 0) is 4.79 Å². The molecule has 0 amide bonds. The fraction of sp³-hybridized carbons (Fsp3) is 0.462. The van der Waals surface area contributed by atoms with E-state index in [9.17, 15) is 15.0 Å². The Balaban J connectivity index is 2.02. The van der Waals surface area contributed by atoms with Crippen LogP contribution in [0.25, 0.3) is 0 Å². The maximum atomic E-state index is 11.2. The zero-order chi connectivity index (χ0) is 12.3. The highest BCUT2D eigenvalue weighted by atomic mass is 16.4. The summed E-state index contributed by atoms with van der Waals surface area (Å²) in [6.07, 6.45) is 3.49. The summed E-state index contributed by atoms with van der Waals surface area (Å²) < 4.78 is 0. The Hall–Kier alpha value is -1.55. The number of phenolic OH excluding ortho intramolecular Hbond substituents is 1. The van der Waals surface area contributed by atoms with E-state index < -0.39 is 11.9 Å². The van der Waals surface area contributed by atoms with Crippen molar-refractivity contribution < 1.29 is 15.0 Å². The van der Waals surface area contributed by atoms with E-state index in [2.05, 4.69) is 5.32 Å². The molecule has 2 rings (SSSR count). The molecule has 17 heavy (non-hydrogen) atoms. The summed E-state index contributed by atoms with van der Waals surface area (Å²) >= 11 is 0. The van der Waals surface area contributed by atoms with E-state index in [4.69, 9.17) is 0 Å². The molecular formula is C13H17NO3. The lowest BCUT2D eigenvalue weighted by Gasteiger charge is -2.28. The molecule has 3 N–H and O–H groups in total. The third-order valence-electron chi connectivity index (χ3n) is 3.29. The van der Waals surface area contributed by atoms with Crippen LogP contribution in [0, 0.1) is 0 Å². The smallest absolute Gasteiger partial charge is 0.312 e. The van der Waals surface area contributed by atoms with Crippen LogP contribution in [0.4, 0.5) is 0 Å². The SMILES string of the molecule is O=C(O)C(CNC1CCC1)c1cccc(O)c1. The predicted molar refractivity (Wildman–Crippen MR) is 64.1 cm³/mol. The van der Waals surface area contributed by atoms with Gasteiger partial charge >= 0.3 is 5.97 Å². The summed E-state index contributed by atoms with van der Waals surface area (Å²) in [5.41, 5.74) is 0.643. The van der Waals surface area contributed by atoms with Crippen molar-refractivity contribution in [3.8, 4) is 5.75 Å². The molecule has 1 atom stereocenters. The van der Waals surface area contributed by atoms with Crippen molar-refractivity contribution in [3.63, 3.8) is 0 Å². The fourth-order valence-corrected chi connectivity index (χ4v) is 1.99. The first-order valence-corrected chi connectivity index (χ1v) is 5.92. The standard InChI is InChI=1S/C13H17NO3/c15-11-6-1-3-9(7-11)12(13(16)17)8-14-10-4-2-5-10/h1,3,6-7,10,12,14-15H,2,4-5,8H2,(H,16,17). The molecule has 0 spiro atoms. The molecule has 1 aliphatic carbocycles. The van der Waals surface area contributed by atoms with Crippen molar-refractivity contribution in [1.82, 2.24) is 5.32 Å². The third-order valence-corrected chi connectivity index (χ3v) is 3.29. The topological polar surface area (TPSA) is 69.6 Å². The first-order valence-electron chi connectivity index (χ1n) is 5.92. The molecule has 1 aromatic rings. The van der Waals surface area contributed by atoms with Gasteiger partial charge in [-0.2, -0.15) is 0 Å². The van der Waals surface area contributed by atoms with E-state index in [1.165, 1.54) is 12.5 Å². The average Bonchev–Trinajstić information content (AvgIpc) is 2.21.